The number of fused-ring (bicyclic) bond motifs is 3. The average molecular weight is 926 g/mol. The Morgan fingerprint density at radius 3 is 2.30 bits per heavy atom. The van der Waals surface area contributed by atoms with E-state index in [-0.39, 0.29) is 46.8 Å². The van der Waals surface area contributed by atoms with Crippen LogP contribution in [0.5, 0.6) is 5.75 Å². The summed E-state index contributed by atoms with van der Waals surface area (Å²) in [5.41, 5.74) is 6.98. The summed E-state index contributed by atoms with van der Waals surface area (Å²) in [5.74, 6) is 2.35. The molecule has 0 radical (unpaired) electrons. The van der Waals surface area contributed by atoms with Gasteiger partial charge in [-0.05, 0) is 89.9 Å². The molecule has 1 amide bonds. The van der Waals surface area contributed by atoms with Crippen molar-refractivity contribution >= 4 is 34.9 Å². The van der Waals surface area contributed by atoms with Gasteiger partial charge in [-0.15, -0.1) is 21.5 Å². The minimum atomic E-state index is -0.320. The maximum absolute atomic E-state index is 13.7. The first-order chi connectivity index (χ1) is 31.7. The number of amides is 1. The summed E-state index contributed by atoms with van der Waals surface area (Å²) in [5, 5.41) is 23.0. The normalized spacial score (nSPS) is 23.8. The Kier molecular flexibility index (Phi) is 12.3. The second kappa shape index (κ2) is 17.6. The van der Waals surface area contributed by atoms with E-state index in [0.29, 0.717) is 30.2 Å². The molecule has 67 heavy (non-hydrogen) atoms. The predicted molar refractivity (Wildman–Crippen MR) is 266 cm³/mol. The van der Waals surface area contributed by atoms with Crippen molar-refractivity contribution in [3.05, 3.63) is 98.6 Å². The zero-order valence-electron chi connectivity index (χ0n) is 41.3. The van der Waals surface area contributed by atoms with Crippen molar-refractivity contribution in [2.45, 2.75) is 119 Å². The SMILES string of the molecule is Cc1cc(OC2C(C)(C)C(NC(=O)C3=CN(C)C(N4CC(N5CCN(c6ccc(C7=N[C@@H](CCOC(C)(C)C)c8nnc(C)n8-c8sc(C)c(C)c87)cc6)CC5)C4)N=C3)C2(C)C)ccc1C#N. The number of hydrogen-bond acceptors (Lipinski definition) is 13. The summed E-state index contributed by atoms with van der Waals surface area (Å²) in [4.78, 5) is 34.9. The molecule has 0 spiro atoms. The highest BCUT2D eigenvalue weighted by Gasteiger charge is 2.64. The molecule has 1 aliphatic carbocycles. The van der Waals surface area contributed by atoms with Gasteiger partial charge in [0.1, 0.15) is 28.7 Å². The number of aryl methyl sites for hydroxylation is 3. The summed E-state index contributed by atoms with van der Waals surface area (Å²) < 4.78 is 14.9. The highest BCUT2D eigenvalue weighted by atomic mass is 32.1. The molecule has 1 unspecified atom stereocenters. The molecule has 1 N–H and O–H groups in total. The van der Waals surface area contributed by atoms with Crippen LogP contribution in [0.15, 0.2) is 64.2 Å². The first-order valence-corrected chi connectivity index (χ1v) is 24.6. The Morgan fingerprint density at radius 1 is 0.955 bits per heavy atom. The summed E-state index contributed by atoms with van der Waals surface area (Å²) in [7, 11) is 2.01. The van der Waals surface area contributed by atoms with E-state index in [1.807, 2.05) is 39.2 Å². The maximum Gasteiger partial charge on any atom is 0.254 e. The topological polar surface area (TPSA) is 140 Å². The van der Waals surface area contributed by atoms with Crippen molar-refractivity contribution in [1.29, 1.82) is 5.26 Å². The molecule has 3 fully saturated rings. The van der Waals surface area contributed by atoms with E-state index < -0.39 is 0 Å². The van der Waals surface area contributed by atoms with E-state index in [4.69, 9.17) is 19.5 Å². The molecular weight excluding hydrogens is 859 g/mol. The van der Waals surface area contributed by atoms with Gasteiger partial charge in [-0.1, -0.05) is 39.8 Å². The predicted octanol–water partition coefficient (Wildman–Crippen LogP) is 7.52. The number of anilines is 1. The van der Waals surface area contributed by atoms with Gasteiger partial charge in [-0.25, -0.2) is 0 Å². The maximum atomic E-state index is 13.7. The lowest BCUT2D eigenvalue weighted by Gasteiger charge is -2.63. The molecule has 5 aliphatic rings. The second-order valence-electron chi connectivity index (χ2n) is 21.3. The average Bonchev–Trinajstić information content (AvgIpc) is 3.75. The molecule has 9 rings (SSSR count). The third-order valence-corrected chi connectivity index (χ3v) is 15.9. The Bertz CT molecular complexity index is 2650. The molecule has 2 saturated heterocycles. The number of hydrogen-bond donors (Lipinski definition) is 1. The summed E-state index contributed by atoms with van der Waals surface area (Å²) in [6.07, 6.45) is 4.12. The molecule has 4 aromatic rings. The van der Waals surface area contributed by atoms with Crippen molar-refractivity contribution in [3.63, 3.8) is 0 Å². The number of nitrogens with one attached hydrogen (secondary N) is 1. The van der Waals surface area contributed by atoms with Crippen molar-refractivity contribution in [2.24, 2.45) is 20.8 Å². The molecule has 1 saturated carbocycles. The fourth-order valence-corrected chi connectivity index (χ4v) is 12.4. The lowest BCUT2D eigenvalue weighted by Crippen LogP contribution is -2.74. The Hall–Kier alpha value is -5.40. The molecule has 4 aliphatic heterocycles. The fourth-order valence-electron chi connectivity index (χ4n) is 11.2. The van der Waals surface area contributed by atoms with Gasteiger partial charge in [-0.2, -0.15) is 5.26 Å². The van der Waals surface area contributed by atoms with Crippen LogP contribution >= 0.6 is 11.3 Å². The van der Waals surface area contributed by atoms with E-state index in [1.165, 1.54) is 21.7 Å². The van der Waals surface area contributed by atoms with Gasteiger partial charge in [0.15, 0.2) is 12.1 Å². The fraction of sp³-hybridized carbons (Fsp3) is 0.538. The molecule has 0 bridgehead atoms. The number of nitrogens with zero attached hydrogens (tertiary/aromatic N) is 10. The van der Waals surface area contributed by atoms with Crippen LogP contribution in [0.3, 0.4) is 0 Å². The number of carbonyl (C=O) groups excluding carboxylic acids is 1. The zero-order chi connectivity index (χ0) is 47.7. The lowest BCUT2D eigenvalue weighted by atomic mass is 9.49. The van der Waals surface area contributed by atoms with E-state index in [0.717, 1.165) is 78.5 Å². The highest BCUT2D eigenvalue weighted by Crippen LogP contribution is 2.55. The standard InChI is InChI=1S/C52H67N11O3S/c1-31-25-40(18-15-36(31)26-53)66-48-51(8,9)47(52(48,10)11)56-45(64)37-27-54-49(59(12)28-37)62-29-39(30-62)61-22-20-60(21-23-61)38-16-13-35(14-17-38)43-42-32(2)33(3)67-46(42)63-34(4)57-58-44(63)41(55-43)19-24-65-50(5,6)7/h13-18,25,27-28,39,41,47-49H,19-24,29-30H2,1-12H3,(H,56,64)/t41-,47?,48?,49?/m0/s1. The molecule has 354 valence electrons. The number of aromatic nitrogens is 3. The summed E-state index contributed by atoms with van der Waals surface area (Å²) in [6, 6.07) is 17.0. The lowest BCUT2D eigenvalue weighted by molar-refractivity contribution is -0.172. The molecule has 15 heteroatoms. The molecule has 2 aromatic carbocycles. The van der Waals surface area contributed by atoms with Crippen molar-refractivity contribution in [3.8, 4) is 16.8 Å². The van der Waals surface area contributed by atoms with Crippen molar-refractivity contribution in [1.82, 2.24) is 34.8 Å². The Morgan fingerprint density at radius 2 is 1.66 bits per heavy atom. The first-order valence-electron chi connectivity index (χ1n) is 23.8. The molecule has 6 heterocycles. The van der Waals surface area contributed by atoms with Crippen LogP contribution in [0.1, 0.15) is 105 Å². The minimum Gasteiger partial charge on any atom is -0.489 e. The van der Waals surface area contributed by atoms with Crippen molar-refractivity contribution < 1.29 is 14.3 Å². The number of ether oxygens (including phenoxy) is 2. The summed E-state index contributed by atoms with van der Waals surface area (Å²) in [6.45, 7) is 29.5. The van der Waals surface area contributed by atoms with E-state index in [9.17, 15) is 10.1 Å². The smallest absolute Gasteiger partial charge is 0.254 e. The van der Waals surface area contributed by atoms with Gasteiger partial charge in [0.2, 0.25) is 0 Å². The largest absolute Gasteiger partial charge is 0.489 e. The van der Waals surface area contributed by atoms with E-state index in [2.05, 4.69) is 132 Å². The highest BCUT2D eigenvalue weighted by molar-refractivity contribution is 7.15. The number of benzene rings is 2. The molecular formula is C52H67N11O3S. The van der Waals surface area contributed by atoms with Crippen molar-refractivity contribution in [2.75, 3.05) is 57.8 Å². The van der Waals surface area contributed by atoms with Crippen LogP contribution in [0.25, 0.3) is 5.00 Å². The molecule has 2 atom stereocenters. The first kappa shape index (κ1) is 46.7. The van der Waals surface area contributed by atoms with Crippen LogP contribution in [-0.2, 0) is 9.53 Å². The van der Waals surface area contributed by atoms with Crippen LogP contribution in [-0.4, -0.2) is 130 Å². The van der Waals surface area contributed by atoms with Crippen LogP contribution in [0.4, 0.5) is 5.69 Å². The third-order valence-electron chi connectivity index (χ3n) is 14.7. The van der Waals surface area contributed by atoms with E-state index >= 15 is 0 Å². The monoisotopic (exact) mass is 926 g/mol. The minimum absolute atomic E-state index is 0.109. The van der Waals surface area contributed by atoms with Gasteiger partial charge in [0, 0.05) is 116 Å². The van der Waals surface area contributed by atoms with Gasteiger partial charge in [0.25, 0.3) is 5.91 Å². The second-order valence-corrected chi connectivity index (χ2v) is 22.5. The quantitative estimate of drug-likeness (QED) is 0.161. The van der Waals surface area contributed by atoms with Gasteiger partial charge in [-0.3, -0.25) is 29.1 Å². The van der Waals surface area contributed by atoms with Crippen LogP contribution in [0.2, 0.25) is 0 Å². The number of carbonyl (C=O) groups is 1. The number of likely N-dealkylation sites (tertiary alicyclic amines) is 1. The molecule has 2 aromatic heterocycles. The number of piperazine rings is 1. The third kappa shape index (κ3) is 8.71. The van der Waals surface area contributed by atoms with Crippen LogP contribution < -0.4 is 15.0 Å². The molecule has 14 nitrogen and oxygen atoms in total. The van der Waals surface area contributed by atoms with Gasteiger partial charge < -0.3 is 24.6 Å². The number of rotatable bonds is 11. The number of aliphatic imine (C=N–C) groups is 2. The summed E-state index contributed by atoms with van der Waals surface area (Å²) >= 11 is 1.79. The number of nitriles is 1. The van der Waals surface area contributed by atoms with Gasteiger partial charge in [0.05, 0.1) is 28.5 Å². The van der Waals surface area contributed by atoms with Crippen LogP contribution in [0, 0.1) is 49.9 Å². The Labute approximate surface area is 400 Å². The Balaban J connectivity index is 0.781. The van der Waals surface area contributed by atoms with Gasteiger partial charge >= 0.3 is 0 Å². The number of thiophene rings is 1. The van der Waals surface area contributed by atoms with E-state index in [1.54, 1.807) is 23.6 Å². The zero-order valence-corrected chi connectivity index (χ0v) is 42.2.